The van der Waals surface area contributed by atoms with Crippen molar-refractivity contribution in [2.45, 2.75) is 0 Å². The lowest BCUT2D eigenvalue weighted by Crippen LogP contribution is -2.00. The van der Waals surface area contributed by atoms with Crippen LogP contribution >= 0.6 is 11.3 Å². The van der Waals surface area contributed by atoms with E-state index >= 15 is 0 Å². The van der Waals surface area contributed by atoms with Gasteiger partial charge >= 0.3 is 0 Å². The number of benzene rings is 8. The Labute approximate surface area is 344 Å². The van der Waals surface area contributed by atoms with Crippen LogP contribution in [-0.4, -0.2) is 19.5 Å². The third-order valence-corrected chi connectivity index (χ3v) is 11.5. The zero-order valence-electron chi connectivity index (χ0n) is 39.7. The van der Waals surface area contributed by atoms with Gasteiger partial charge in [0.1, 0.15) is 11.2 Å². The van der Waals surface area contributed by atoms with E-state index in [1.54, 1.807) is 11.3 Å². The summed E-state index contributed by atoms with van der Waals surface area (Å²) in [6.07, 6.45) is 0. The minimum absolute atomic E-state index is 0.0321. The number of hydrogen-bond donors (Lipinski definition) is 0. The zero-order chi connectivity index (χ0) is 46.2. The van der Waals surface area contributed by atoms with Crippen LogP contribution in [0.15, 0.2) is 186 Å². The van der Waals surface area contributed by atoms with Gasteiger partial charge in [0, 0.05) is 70.1 Å². The van der Waals surface area contributed by atoms with Crippen molar-refractivity contribution in [2.75, 3.05) is 0 Å². The molecule has 0 aliphatic rings. The lowest BCUT2D eigenvalue weighted by molar-refractivity contribution is 0.668. The van der Waals surface area contributed by atoms with Crippen molar-refractivity contribution in [1.82, 2.24) is 19.5 Å². The average Bonchev–Trinajstić information content (AvgIpc) is 4.01. The molecule has 0 fully saturated rings. The Hall–Kier alpha value is -7.41. The molecule has 0 amide bonds. The van der Waals surface area contributed by atoms with Crippen molar-refractivity contribution in [3.63, 3.8) is 0 Å². The molecule has 4 aromatic heterocycles. The number of thiophene rings is 1. The molecule has 57 heavy (non-hydrogen) atoms. The first-order valence-corrected chi connectivity index (χ1v) is 19.0. The van der Waals surface area contributed by atoms with Crippen LogP contribution in [0.4, 0.5) is 0 Å². The summed E-state index contributed by atoms with van der Waals surface area (Å²) < 4.78 is 98.6. The molecule has 0 saturated carbocycles. The summed E-state index contributed by atoms with van der Waals surface area (Å²) in [6.45, 7) is 0. The molecule has 12 rings (SSSR count). The standard InChI is InChI=1S/C51H30N4OS/c1-3-13-31(14-4-1)35-19-12-24-45-48(35)39-27-25-33(29-46(39)57-45)50-52-49(32-15-5-2-6-16-32)53-51(54-50)40-20-11-23-43-47(40)38-28-26-34(30-44(38)56-43)55-41-21-9-7-17-36(41)37-18-8-10-22-42(37)55/h1-30H/i7D,8D,9D,10D,11D,17D,18D,23D,26D,30D. The first kappa shape index (κ1) is 23.5. The van der Waals surface area contributed by atoms with Gasteiger partial charge in [0.2, 0.25) is 0 Å². The molecule has 0 atom stereocenters. The van der Waals surface area contributed by atoms with Gasteiger partial charge < -0.3 is 8.98 Å². The van der Waals surface area contributed by atoms with Gasteiger partial charge in [-0.05, 0) is 53.5 Å². The first-order chi connectivity index (χ1) is 32.4. The Morgan fingerprint density at radius 1 is 0.474 bits per heavy atom. The number of nitrogens with zero attached hydrogens (tertiary/aromatic N) is 4. The Morgan fingerprint density at radius 3 is 1.96 bits per heavy atom. The van der Waals surface area contributed by atoms with E-state index in [1.165, 1.54) is 28.8 Å². The summed E-state index contributed by atoms with van der Waals surface area (Å²) in [7, 11) is 0. The molecule has 4 heterocycles. The fourth-order valence-electron chi connectivity index (χ4n) is 7.80. The van der Waals surface area contributed by atoms with E-state index in [0.29, 0.717) is 28.2 Å². The molecule has 0 aliphatic heterocycles. The van der Waals surface area contributed by atoms with Crippen LogP contribution in [-0.2, 0) is 0 Å². The molecular weight excluding hydrogens is 717 g/mol. The maximum Gasteiger partial charge on any atom is 0.164 e. The number of para-hydroxylation sites is 2. The molecule has 0 N–H and O–H groups in total. The highest BCUT2D eigenvalue weighted by Crippen LogP contribution is 2.42. The highest BCUT2D eigenvalue weighted by Gasteiger charge is 2.20. The van der Waals surface area contributed by atoms with Crippen molar-refractivity contribution in [3.05, 3.63) is 182 Å². The molecule has 8 aromatic carbocycles. The maximum atomic E-state index is 9.65. The molecule has 0 unspecified atom stereocenters. The fraction of sp³-hybridized carbons (Fsp3) is 0. The van der Waals surface area contributed by atoms with Gasteiger partial charge in [0.15, 0.2) is 17.5 Å². The number of furan rings is 1. The lowest BCUT2D eigenvalue weighted by atomic mass is 9.99. The summed E-state index contributed by atoms with van der Waals surface area (Å²) in [5.41, 5.74) is 4.16. The number of hydrogen-bond acceptors (Lipinski definition) is 5. The molecule has 0 bridgehead atoms. The van der Waals surface area contributed by atoms with Crippen LogP contribution in [0.25, 0.3) is 115 Å². The second-order valence-electron chi connectivity index (χ2n) is 13.6. The Morgan fingerprint density at radius 2 is 1.19 bits per heavy atom. The van der Waals surface area contributed by atoms with Crippen LogP contribution in [0, 0.1) is 0 Å². The molecule has 12 aromatic rings. The quantitative estimate of drug-likeness (QED) is 0.175. The highest BCUT2D eigenvalue weighted by molar-refractivity contribution is 7.26. The van der Waals surface area contributed by atoms with E-state index in [9.17, 15) is 2.74 Å². The van der Waals surface area contributed by atoms with Crippen molar-refractivity contribution in [2.24, 2.45) is 0 Å². The average molecular weight is 757 g/mol. The summed E-state index contributed by atoms with van der Waals surface area (Å²) in [5.74, 6) is 0.895. The predicted octanol–water partition coefficient (Wildman–Crippen LogP) is 13.9. The van der Waals surface area contributed by atoms with E-state index in [-0.39, 0.29) is 98.2 Å². The third-order valence-electron chi connectivity index (χ3n) is 10.4. The van der Waals surface area contributed by atoms with Gasteiger partial charge in [0.25, 0.3) is 0 Å². The van der Waals surface area contributed by atoms with Crippen LogP contribution in [0.2, 0.25) is 0 Å². The summed E-state index contributed by atoms with van der Waals surface area (Å²) >= 11 is 1.68. The van der Waals surface area contributed by atoms with Gasteiger partial charge in [-0.2, -0.15) is 0 Å². The summed E-state index contributed by atoms with van der Waals surface area (Å²) in [6, 6.07) is 34.7. The normalized spacial score (nSPS) is 14.3. The van der Waals surface area contributed by atoms with Crippen LogP contribution in [0.3, 0.4) is 0 Å². The SMILES string of the molecule is [2H]c1cc2c(c([2H])c1[2H])c1c([2H])c([2H])c([2H])cc1n2-c1c([2H])cc2c(oc3c([2H])c([2H])cc(-c4nc(-c5ccccc5)nc(-c5ccc6c(c5)sc5cccc(-c7ccccc7)c56)n4)c32)c1[2H]. The molecule has 5 nitrogen and oxygen atoms in total. The number of rotatable bonds is 5. The largest absolute Gasteiger partial charge is 0.456 e. The van der Waals surface area contributed by atoms with Crippen molar-refractivity contribution in [1.29, 1.82) is 0 Å². The van der Waals surface area contributed by atoms with Crippen LogP contribution < -0.4 is 0 Å². The number of aromatic nitrogens is 4. The van der Waals surface area contributed by atoms with E-state index < -0.39 is 12.1 Å². The van der Waals surface area contributed by atoms with Gasteiger partial charge in [-0.1, -0.05) is 133 Å². The predicted molar refractivity (Wildman–Crippen MR) is 236 cm³/mol. The highest BCUT2D eigenvalue weighted by atomic mass is 32.1. The van der Waals surface area contributed by atoms with Gasteiger partial charge in [-0.15, -0.1) is 11.3 Å². The Balaban J connectivity index is 1.10. The van der Waals surface area contributed by atoms with Crippen LogP contribution in [0.5, 0.6) is 0 Å². The van der Waals surface area contributed by atoms with E-state index in [4.69, 9.17) is 30.3 Å². The third kappa shape index (κ3) is 5.04. The monoisotopic (exact) mass is 756 g/mol. The Kier molecular flexibility index (Phi) is 5.18. The van der Waals surface area contributed by atoms with Crippen LogP contribution in [0.1, 0.15) is 13.7 Å². The van der Waals surface area contributed by atoms with Gasteiger partial charge in [-0.3, -0.25) is 0 Å². The zero-order valence-corrected chi connectivity index (χ0v) is 30.5. The second-order valence-corrected chi connectivity index (χ2v) is 14.7. The van der Waals surface area contributed by atoms with E-state index in [1.807, 2.05) is 54.6 Å². The van der Waals surface area contributed by atoms with Crippen molar-refractivity contribution in [3.8, 4) is 51.0 Å². The number of fused-ring (bicyclic) bond motifs is 9. The molecular formula is C51H30N4OS. The van der Waals surface area contributed by atoms with Crippen molar-refractivity contribution < 1.29 is 18.1 Å². The minimum atomic E-state index is -0.394. The van der Waals surface area contributed by atoms with Crippen molar-refractivity contribution >= 4 is 75.3 Å². The molecule has 0 spiro atoms. The summed E-state index contributed by atoms with van der Waals surface area (Å²) in [4.78, 5) is 15.0. The second kappa shape index (κ2) is 12.6. The molecule has 0 saturated heterocycles. The molecule has 0 aliphatic carbocycles. The van der Waals surface area contributed by atoms with E-state index in [2.05, 4.69) is 42.5 Å². The smallest absolute Gasteiger partial charge is 0.164 e. The molecule has 266 valence electrons. The van der Waals surface area contributed by atoms with Gasteiger partial charge in [-0.25, -0.2) is 15.0 Å². The Bertz CT molecular complexity index is 4040. The summed E-state index contributed by atoms with van der Waals surface area (Å²) in [5, 5.41) is 2.99. The first-order valence-electron chi connectivity index (χ1n) is 23.2. The fourth-order valence-corrected chi connectivity index (χ4v) is 8.98. The lowest BCUT2D eigenvalue weighted by Gasteiger charge is -2.10. The van der Waals surface area contributed by atoms with E-state index in [0.717, 1.165) is 36.9 Å². The van der Waals surface area contributed by atoms with Gasteiger partial charge in [0.05, 0.1) is 24.7 Å². The molecule has 6 heteroatoms. The topological polar surface area (TPSA) is 56.7 Å². The molecule has 0 radical (unpaired) electrons. The minimum Gasteiger partial charge on any atom is -0.456 e. The maximum absolute atomic E-state index is 9.65.